The van der Waals surface area contributed by atoms with E-state index >= 15 is 0 Å². The third-order valence-electron chi connectivity index (χ3n) is 5.52. The number of nitrogens with one attached hydrogen (secondary N) is 2. The zero-order chi connectivity index (χ0) is 23.6. The molecule has 0 unspecified atom stereocenters. The summed E-state index contributed by atoms with van der Waals surface area (Å²) in [7, 11) is 0. The summed E-state index contributed by atoms with van der Waals surface area (Å²) < 4.78 is 11.1. The highest BCUT2D eigenvalue weighted by atomic mass is 16.4. The Hall–Kier alpha value is -3.82. The Morgan fingerprint density at radius 2 is 1.72 bits per heavy atom. The highest BCUT2D eigenvalue weighted by molar-refractivity contribution is 5.97. The normalized spacial score (nSPS) is 12.1. The van der Waals surface area contributed by atoms with Gasteiger partial charge in [-0.05, 0) is 50.8 Å². The molecular weight excluding hydrogens is 418 g/mol. The fraction of sp³-hybridized carbons (Fsp3) is 0.364. The number of rotatable bonds is 8. The van der Waals surface area contributed by atoms with Crippen LogP contribution in [0.3, 0.4) is 0 Å². The molecule has 0 aliphatic heterocycles. The lowest BCUT2D eigenvalue weighted by molar-refractivity contribution is -0.141. The average molecular weight is 443 g/mol. The Kier molecular flexibility index (Phi) is 6.52. The summed E-state index contributed by atoms with van der Waals surface area (Å²) in [6.45, 7) is 5.69. The minimum absolute atomic E-state index is 0.0871. The third kappa shape index (κ3) is 4.74. The molecule has 0 aliphatic rings. The van der Waals surface area contributed by atoms with E-state index in [9.17, 15) is 24.3 Å². The van der Waals surface area contributed by atoms with Gasteiger partial charge < -0.3 is 30.3 Å². The van der Waals surface area contributed by atoms with Crippen molar-refractivity contribution in [2.75, 3.05) is 6.54 Å². The van der Waals surface area contributed by atoms with Gasteiger partial charge in [0.25, 0.3) is 0 Å². The molecule has 10 nitrogen and oxygen atoms in total. The van der Waals surface area contributed by atoms with Crippen LogP contribution in [0.5, 0.6) is 0 Å². The number of benzene rings is 1. The lowest BCUT2D eigenvalue weighted by atomic mass is 10.0. The summed E-state index contributed by atoms with van der Waals surface area (Å²) in [5, 5.41) is 15.7. The zero-order valence-corrected chi connectivity index (χ0v) is 18.0. The van der Waals surface area contributed by atoms with Crippen molar-refractivity contribution in [1.29, 1.82) is 0 Å². The van der Waals surface area contributed by atoms with Crippen molar-refractivity contribution in [2.45, 2.75) is 46.1 Å². The number of nitrogens with two attached hydrogens (primary N) is 1. The van der Waals surface area contributed by atoms with Crippen molar-refractivity contribution < 1.29 is 28.3 Å². The summed E-state index contributed by atoms with van der Waals surface area (Å²) in [4.78, 5) is 47.2. The standard InChI is InChI=1S/C22H25N3O7/c1-10-12(3)31-17-9-18-14(7-13(10)17)11(2)15(21(29)32-18)8-19(26)25-16(20(27)28)5-4-6-24-22(23)30/h7,9,16H,4-6,8H2,1-3H3,(H,25,26)(H,27,28)(H3,23,24,30)/t16-/m1/s1. The van der Waals surface area contributed by atoms with E-state index in [2.05, 4.69) is 10.6 Å². The third-order valence-corrected chi connectivity index (χ3v) is 5.52. The molecule has 10 heteroatoms. The number of aryl methyl sites for hydroxylation is 3. The highest BCUT2D eigenvalue weighted by Crippen LogP contribution is 2.31. The molecule has 1 aromatic carbocycles. The van der Waals surface area contributed by atoms with E-state index in [-0.39, 0.29) is 24.9 Å². The Morgan fingerprint density at radius 1 is 1.06 bits per heavy atom. The molecule has 170 valence electrons. The number of primary amides is 1. The van der Waals surface area contributed by atoms with Gasteiger partial charge in [-0.15, -0.1) is 0 Å². The first kappa shape index (κ1) is 22.9. The van der Waals surface area contributed by atoms with Crippen LogP contribution in [0.4, 0.5) is 4.79 Å². The molecule has 2 aromatic heterocycles. The van der Waals surface area contributed by atoms with Crippen molar-refractivity contribution in [3.05, 3.63) is 45.0 Å². The van der Waals surface area contributed by atoms with E-state index in [1.54, 1.807) is 13.0 Å². The molecular formula is C22H25N3O7. The molecule has 0 fully saturated rings. The smallest absolute Gasteiger partial charge is 0.340 e. The first-order chi connectivity index (χ1) is 15.1. The van der Waals surface area contributed by atoms with Crippen LogP contribution >= 0.6 is 0 Å². The van der Waals surface area contributed by atoms with Crippen LogP contribution in [-0.2, 0) is 16.0 Å². The summed E-state index contributed by atoms with van der Waals surface area (Å²) in [6, 6.07) is 1.64. The SMILES string of the molecule is Cc1oc2cc3oc(=O)c(CC(=O)N[C@H](CCCNC(N)=O)C(=O)O)c(C)c3cc2c1C. The second-order valence-corrected chi connectivity index (χ2v) is 7.69. The second-order valence-electron chi connectivity index (χ2n) is 7.69. The molecule has 1 atom stereocenters. The predicted octanol–water partition coefficient (Wildman–Crippen LogP) is 2.02. The van der Waals surface area contributed by atoms with Crippen molar-refractivity contribution in [2.24, 2.45) is 5.73 Å². The lowest BCUT2D eigenvalue weighted by Crippen LogP contribution is -2.42. The second kappa shape index (κ2) is 9.13. The number of amides is 3. The zero-order valence-electron chi connectivity index (χ0n) is 18.0. The minimum atomic E-state index is -1.21. The number of carbonyl (C=O) groups excluding carboxylic acids is 2. The maximum absolute atomic E-state index is 12.5. The van der Waals surface area contributed by atoms with Crippen LogP contribution in [0.2, 0.25) is 0 Å². The molecule has 3 aromatic rings. The maximum Gasteiger partial charge on any atom is 0.340 e. The van der Waals surface area contributed by atoms with Crippen LogP contribution in [0, 0.1) is 20.8 Å². The minimum Gasteiger partial charge on any atom is -0.480 e. The summed E-state index contributed by atoms with van der Waals surface area (Å²) in [5.41, 5.74) is 6.98. The van der Waals surface area contributed by atoms with Gasteiger partial charge in [0, 0.05) is 23.4 Å². The first-order valence-corrected chi connectivity index (χ1v) is 10.1. The van der Waals surface area contributed by atoms with Gasteiger partial charge in [0.05, 0.1) is 12.0 Å². The molecule has 0 bridgehead atoms. The van der Waals surface area contributed by atoms with Crippen LogP contribution in [0.25, 0.3) is 21.9 Å². The topological polar surface area (TPSA) is 165 Å². The molecule has 5 N–H and O–H groups in total. The Bertz CT molecular complexity index is 1270. The van der Waals surface area contributed by atoms with Gasteiger partial charge in [0.1, 0.15) is 23.0 Å². The van der Waals surface area contributed by atoms with Crippen molar-refractivity contribution in [3.8, 4) is 0 Å². The van der Waals surface area contributed by atoms with Crippen molar-refractivity contribution >= 4 is 39.8 Å². The number of urea groups is 1. The number of carboxylic acid groups (broad SMARTS) is 1. The van der Waals surface area contributed by atoms with Gasteiger partial charge in [-0.25, -0.2) is 14.4 Å². The van der Waals surface area contributed by atoms with Gasteiger partial charge in [-0.3, -0.25) is 4.79 Å². The van der Waals surface area contributed by atoms with Gasteiger partial charge in [-0.2, -0.15) is 0 Å². The number of furan rings is 1. The number of hydrogen-bond donors (Lipinski definition) is 4. The number of hydrogen-bond acceptors (Lipinski definition) is 6. The molecule has 2 heterocycles. The highest BCUT2D eigenvalue weighted by Gasteiger charge is 2.22. The van der Waals surface area contributed by atoms with Crippen molar-refractivity contribution in [1.82, 2.24) is 10.6 Å². The first-order valence-electron chi connectivity index (χ1n) is 10.1. The summed E-state index contributed by atoms with van der Waals surface area (Å²) >= 11 is 0. The molecule has 0 aliphatic carbocycles. The van der Waals surface area contributed by atoms with E-state index in [1.165, 1.54) is 0 Å². The Labute approximate surface area is 182 Å². The fourth-order valence-corrected chi connectivity index (χ4v) is 3.61. The molecule has 32 heavy (non-hydrogen) atoms. The Morgan fingerprint density at radius 3 is 2.38 bits per heavy atom. The monoisotopic (exact) mass is 443 g/mol. The Balaban J connectivity index is 1.82. The van der Waals surface area contributed by atoms with Crippen LogP contribution < -0.4 is 22.0 Å². The van der Waals surface area contributed by atoms with E-state index in [1.807, 2.05) is 19.9 Å². The van der Waals surface area contributed by atoms with Crippen LogP contribution in [0.15, 0.2) is 25.8 Å². The molecule has 0 radical (unpaired) electrons. The van der Waals surface area contributed by atoms with E-state index < -0.39 is 29.6 Å². The quantitative estimate of drug-likeness (QED) is 0.305. The van der Waals surface area contributed by atoms with E-state index in [0.717, 1.165) is 16.7 Å². The maximum atomic E-state index is 12.5. The average Bonchev–Trinajstić information content (AvgIpc) is 2.99. The number of carboxylic acids is 1. The van der Waals surface area contributed by atoms with Crippen LogP contribution in [-0.4, -0.2) is 35.6 Å². The van der Waals surface area contributed by atoms with Crippen LogP contribution in [0.1, 0.15) is 35.3 Å². The van der Waals surface area contributed by atoms with Gasteiger partial charge in [0.2, 0.25) is 5.91 Å². The fourth-order valence-electron chi connectivity index (χ4n) is 3.61. The molecule has 3 amide bonds. The summed E-state index contributed by atoms with van der Waals surface area (Å²) in [6.07, 6.45) is 0.0649. The molecule has 0 saturated heterocycles. The lowest BCUT2D eigenvalue weighted by Gasteiger charge is -2.15. The summed E-state index contributed by atoms with van der Waals surface area (Å²) in [5.74, 6) is -1.07. The number of carbonyl (C=O) groups is 3. The van der Waals surface area contributed by atoms with Gasteiger partial charge in [0.15, 0.2) is 0 Å². The number of aliphatic carboxylic acids is 1. The largest absolute Gasteiger partial charge is 0.480 e. The molecule has 0 spiro atoms. The van der Waals surface area contributed by atoms with E-state index in [4.69, 9.17) is 14.6 Å². The molecule has 0 saturated carbocycles. The predicted molar refractivity (Wildman–Crippen MR) is 117 cm³/mol. The van der Waals surface area contributed by atoms with Crippen molar-refractivity contribution in [3.63, 3.8) is 0 Å². The van der Waals surface area contributed by atoms with Gasteiger partial charge in [-0.1, -0.05) is 0 Å². The number of fused-ring (bicyclic) bond motifs is 2. The molecule has 3 rings (SSSR count). The van der Waals surface area contributed by atoms with Gasteiger partial charge >= 0.3 is 17.6 Å². The van der Waals surface area contributed by atoms with E-state index in [0.29, 0.717) is 28.5 Å².